The average molecular weight is 222 g/mol. The molecule has 3 rings (SSSR count). The van der Waals surface area contributed by atoms with Gasteiger partial charge in [-0.25, -0.2) is 0 Å². The zero-order valence-electron chi connectivity index (χ0n) is 10.3. The fraction of sp³-hybridized carbons (Fsp3) is 0.857. The highest BCUT2D eigenvalue weighted by Crippen LogP contribution is 2.55. The summed E-state index contributed by atoms with van der Waals surface area (Å²) in [5.41, 5.74) is 1.43. The highest BCUT2D eigenvalue weighted by Gasteiger charge is 2.60. The van der Waals surface area contributed by atoms with E-state index in [4.69, 9.17) is 4.74 Å². The van der Waals surface area contributed by atoms with Gasteiger partial charge in [0.05, 0.1) is 18.3 Å². The van der Waals surface area contributed by atoms with Crippen LogP contribution in [0.4, 0.5) is 0 Å². The van der Waals surface area contributed by atoms with E-state index in [1.165, 1.54) is 18.4 Å². The van der Waals surface area contributed by atoms with Gasteiger partial charge in [0, 0.05) is 5.92 Å². The highest BCUT2D eigenvalue weighted by atomic mass is 16.6. The first kappa shape index (κ1) is 10.8. The summed E-state index contributed by atoms with van der Waals surface area (Å²) in [7, 11) is 0. The number of epoxide rings is 1. The molecule has 1 aliphatic heterocycles. The van der Waals surface area contributed by atoms with Crippen LogP contribution in [0.1, 0.15) is 39.5 Å². The van der Waals surface area contributed by atoms with Gasteiger partial charge in [-0.2, -0.15) is 0 Å². The largest absolute Gasteiger partial charge is 0.392 e. The predicted octanol–water partition coefficient (Wildman–Crippen LogP) is 2.52. The molecular weight excluding hydrogens is 200 g/mol. The van der Waals surface area contributed by atoms with Crippen LogP contribution in [0, 0.1) is 17.8 Å². The Morgan fingerprint density at radius 1 is 1.56 bits per heavy atom. The van der Waals surface area contributed by atoms with Crippen molar-refractivity contribution in [1.29, 1.82) is 0 Å². The molecule has 1 saturated carbocycles. The fourth-order valence-corrected chi connectivity index (χ4v) is 4.04. The molecule has 2 fully saturated rings. The summed E-state index contributed by atoms with van der Waals surface area (Å²) < 4.78 is 5.72. The Hall–Kier alpha value is -0.340. The van der Waals surface area contributed by atoms with E-state index in [1.54, 1.807) is 0 Å². The van der Waals surface area contributed by atoms with Gasteiger partial charge in [0.15, 0.2) is 0 Å². The third-order valence-corrected chi connectivity index (χ3v) is 4.97. The van der Waals surface area contributed by atoms with E-state index < -0.39 is 0 Å². The zero-order chi connectivity index (χ0) is 11.3. The minimum Gasteiger partial charge on any atom is -0.392 e. The van der Waals surface area contributed by atoms with Crippen LogP contribution in [-0.2, 0) is 4.74 Å². The minimum absolute atomic E-state index is 0.0625. The van der Waals surface area contributed by atoms with Crippen molar-refractivity contribution in [3.05, 3.63) is 11.6 Å². The third kappa shape index (κ3) is 1.46. The molecule has 0 aromatic heterocycles. The lowest BCUT2D eigenvalue weighted by molar-refractivity contribution is -0.0246. The van der Waals surface area contributed by atoms with Gasteiger partial charge in [0.1, 0.15) is 0 Å². The smallest absolute Gasteiger partial charge is 0.0975 e. The second kappa shape index (κ2) is 3.58. The highest BCUT2D eigenvalue weighted by molar-refractivity contribution is 5.19. The molecule has 2 heteroatoms. The number of ether oxygens (including phenoxy) is 1. The molecular formula is C14H22O2. The Bertz CT molecular complexity index is 317. The maximum atomic E-state index is 10.3. The number of hydrogen-bond donors (Lipinski definition) is 1. The second-order valence-corrected chi connectivity index (χ2v) is 5.95. The first-order chi connectivity index (χ1) is 7.66. The Morgan fingerprint density at radius 3 is 2.94 bits per heavy atom. The number of allylic oxidation sites excluding steroid dienone is 1. The van der Waals surface area contributed by atoms with Crippen molar-refractivity contribution >= 4 is 0 Å². The van der Waals surface area contributed by atoms with Crippen molar-refractivity contribution in [2.75, 3.05) is 6.61 Å². The molecule has 1 spiro atoms. The third-order valence-electron chi connectivity index (χ3n) is 4.97. The number of fused-ring (bicyclic) bond motifs is 2. The lowest BCUT2D eigenvalue weighted by atomic mass is 9.60. The molecule has 2 nitrogen and oxygen atoms in total. The quantitative estimate of drug-likeness (QED) is 0.546. The lowest BCUT2D eigenvalue weighted by Crippen LogP contribution is -2.48. The SMILES string of the molecule is CC[C@H]1CC[C@@]2(CO2)[C@@H]2[C@H]1C=C(C)C[C@H]2O. The maximum absolute atomic E-state index is 10.3. The van der Waals surface area contributed by atoms with Crippen LogP contribution < -0.4 is 0 Å². The van der Waals surface area contributed by atoms with Crippen molar-refractivity contribution in [3.63, 3.8) is 0 Å². The number of aliphatic hydroxyl groups is 1. The first-order valence-electron chi connectivity index (χ1n) is 6.65. The van der Waals surface area contributed by atoms with E-state index in [0.717, 1.165) is 25.4 Å². The van der Waals surface area contributed by atoms with E-state index in [0.29, 0.717) is 11.8 Å². The van der Waals surface area contributed by atoms with Gasteiger partial charge >= 0.3 is 0 Å². The molecule has 0 aromatic rings. The molecule has 0 amide bonds. The van der Waals surface area contributed by atoms with Crippen molar-refractivity contribution in [2.45, 2.75) is 51.2 Å². The van der Waals surface area contributed by atoms with Gasteiger partial charge in [-0.1, -0.05) is 25.0 Å². The number of aliphatic hydroxyl groups excluding tert-OH is 1. The normalized spacial score (nSPS) is 51.1. The van der Waals surface area contributed by atoms with Crippen molar-refractivity contribution in [1.82, 2.24) is 0 Å². The van der Waals surface area contributed by atoms with Crippen LogP contribution in [0.5, 0.6) is 0 Å². The van der Waals surface area contributed by atoms with Crippen molar-refractivity contribution in [3.8, 4) is 0 Å². The lowest BCUT2D eigenvalue weighted by Gasteiger charge is -2.45. The molecule has 16 heavy (non-hydrogen) atoms. The molecule has 1 saturated heterocycles. The first-order valence-corrected chi connectivity index (χ1v) is 6.65. The molecule has 5 atom stereocenters. The standard InChI is InChI=1S/C14H22O2/c1-3-10-4-5-14(8-16-14)13-11(10)6-9(2)7-12(13)15/h6,10-13,15H,3-5,7-8H2,1-2H3/t10-,11-,12+,13+,14+/m0/s1. The number of rotatable bonds is 1. The molecule has 3 aliphatic rings. The summed E-state index contributed by atoms with van der Waals surface area (Å²) in [6.45, 7) is 5.31. The monoisotopic (exact) mass is 222 g/mol. The predicted molar refractivity (Wildman–Crippen MR) is 63.1 cm³/mol. The van der Waals surface area contributed by atoms with E-state index >= 15 is 0 Å². The van der Waals surface area contributed by atoms with Crippen LogP contribution in [0.2, 0.25) is 0 Å². The van der Waals surface area contributed by atoms with Gasteiger partial charge in [-0.15, -0.1) is 0 Å². The van der Waals surface area contributed by atoms with E-state index in [-0.39, 0.29) is 11.7 Å². The summed E-state index contributed by atoms with van der Waals surface area (Å²) in [5.74, 6) is 1.68. The molecule has 0 bridgehead atoms. The molecule has 0 radical (unpaired) electrons. The van der Waals surface area contributed by atoms with Crippen LogP contribution in [-0.4, -0.2) is 23.4 Å². The van der Waals surface area contributed by atoms with Crippen molar-refractivity contribution in [2.24, 2.45) is 17.8 Å². The van der Waals surface area contributed by atoms with Gasteiger partial charge in [-0.3, -0.25) is 0 Å². The van der Waals surface area contributed by atoms with Gasteiger partial charge in [0.2, 0.25) is 0 Å². The molecule has 1 heterocycles. The van der Waals surface area contributed by atoms with Gasteiger partial charge in [0.25, 0.3) is 0 Å². The minimum atomic E-state index is -0.174. The van der Waals surface area contributed by atoms with Crippen LogP contribution >= 0.6 is 0 Å². The molecule has 2 aliphatic carbocycles. The van der Waals surface area contributed by atoms with Gasteiger partial charge < -0.3 is 9.84 Å². The summed E-state index contributed by atoms with van der Waals surface area (Å²) in [5, 5.41) is 10.3. The molecule has 0 aromatic carbocycles. The zero-order valence-corrected chi connectivity index (χ0v) is 10.3. The topological polar surface area (TPSA) is 32.8 Å². The van der Waals surface area contributed by atoms with E-state index in [2.05, 4.69) is 19.9 Å². The van der Waals surface area contributed by atoms with Crippen LogP contribution in [0.3, 0.4) is 0 Å². The van der Waals surface area contributed by atoms with Crippen LogP contribution in [0.25, 0.3) is 0 Å². The Morgan fingerprint density at radius 2 is 2.31 bits per heavy atom. The summed E-state index contributed by atoms with van der Waals surface area (Å²) in [6, 6.07) is 0. The second-order valence-electron chi connectivity index (χ2n) is 5.95. The Balaban J connectivity index is 1.93. The summed E-state index contributed by atoms with van der Waals surface area (Å²) in [4.78, 5) is 0. The van der Waals surface area contributed by atoms with E-state index in [9.17, 15) is 5.11 Å². The maximum Gasteiger partial charge on any atom is 0.0975 e. The Labute approximate surface area is 97.7 Å². The Kier molecular flexibility index (Phi) is 2.41. The van der Waals surface area contributed by atoms with Crippen LogP contribution in [0.15, 0.2) is 11.6 Å². The molecule has 90 valence electrons. The summed E-state index contributed by atoms with van der Waals surface area (Å²) >= 11 is 0. The molecule has 0 unspecified atom stereocenters. The van der Waals surface area contributed by atoms with Crippen molar-refractivity contribution < 1.29 is 9.84 Å². The van der Waals surface area contributed by atoms with E-state index in [1.807, 2.05) is 0 Å². The molecule has 1 N–H and O–H groups in total. The number of hydrogen-bond acceptors (Lipinski definition) is 2. The van der Waals surface area contributed by atoms with Gasteiger partial charge in [-0.05, 0) is 38.0 Å². The summed E-state index contributed by atoms with van der Waals surface area (Å²) in [6.07, 6.45) is 6.77. The fourth-order valence-electron chi connectivity index (χ4n) is 4.04. The average Bonchev–Trinajstić information content (AvgIpc) is 2.98.